The first kappa shape index (κ1) is 9.61. The van der Waals surface area contributed by atoms with Gasteiger partial charge in [0.25, 0.3) is 0 Å². The molecule has 0 aromatic carbocycles. The Labute approximate surface area is 65.2 Å². The highest BCUT2D eigenvalue weighted by Gasteiger charge is 2.02. The Morgan fingerprint density at radius 3 is 1.90 bits per heavy atom. The van der Waals surface area contributed by atoms with Gasteiger partial charge in [0.1, 0.15) is 0 Å². The molecule has 0 saturated carbocycles. The average Bonchev–Trinajstić information content (AvgIpc) is 1.87. The van der Waals surface area contributed by atoms with Gasteiger partial charge in [0, 0.05) is 13.1 Å². The lowest BCUT2D eigenvalue weighted by molar-refractivity contribution is 0.213. The molecule has 60 valence electrons. The quantitative estimate of drug-likeness (QED) is 0.442. The minimum absolute atomic E-state index is 0.00264. The molecule has 0 saturated heterocycles. The van der Waals surface area contributed by atoms with E-state index in [1.807, 2.05) is 0 Å². The molecule has 4 nitrogen and oxygen atoms in total. The van der Waals surface area contributed by atoms with E-state index in [1.54, 1.807) is 0 Å². The number of nitrogens with zero attached hydrogens (tertiary/aromatic N) is 1. The van der Waals surface area contributed by atoms with Crippen molar-refractivity contribution in [3.05, 3.63) is 0 Å². The van der Waals surface area contributed by atoms with Crippen molar-refractivity contribution in [3.8, 4) is 0 Å². The smallest absolute Gasteiger partial charge is 0.166 e. The van der Waals surface area contributed by atoms with Crippen LogP contribution in [0.2, 0.25) is 0 Å². The first-order valence-corrected chi connectivity index (χ1v) is 3.39. The van der Waals surface area contributed by atoms with Gasteiger partial charge in [0.05, 0.1) is 13.2 Å². The fourth-order valence-electron chi connectivity index (χ4n) is 0.574. The maximum atomic E-state index is 8.47. The lowest BCUT2D eigenvalue weighted by Crippen LogP contribution is -2.39. The number of thiocarbonyl (C=S) groups is 1. The van der Waals surface area contributed by atoms with Crippen LogP contribution in [0.1, 0.15) is 0 Å². The summed E-state index contributed by atoms with van der Waals surface area (Å²) in [5.74, 6) is 0. The zero-order valence-corrected chi connectivity index (χ0v) is 6.47. The van der Waals surface area contributed by atoms with Crippen LogP contribution in [0.3, 0.4) is 0 Å². The first-order chi connectivity index (χ1) is 4.72. The van der Waals surface area contributed by atoms with Crippen molar-refractivity contribution in [2.24, 2.45) is 5.73 Å². The molecule has 0 radical (unpaired) electrons. The van der Waals surface area contributed by atoms with Gasteiger partial charge < -0.3 is 20.8 Å². The molecular formula is C5H12N2O2S. The van der Waals surface area contributed by atoms with E-state index in [4.69, 9.17) is 15.9 Å². The second kappa shape index (κ2) is 5.40. The first-order valence-electron chi connectivity index (χ1n) is 2.98. The monoisotopic (exact) mass is 164 g/mol. The SMILES string of the molecule is NC(=S)N(CCO)CCO. The van der Waals surface area contributed by atoms with E-state index in [0.29, 0.717) is 13.1 Å². The summed E-state index contributed by atoms with van der Waals surface area (Å²) in [6.07, 6.45) is 0. The van der Waals surface area contributed by atoms with Gasteiger partial charge in [0.2, 0.25) is 0 Å². The fraction of sp³-hybridized carbons (Fsp3) is 0.800. The molecule has 5 heteroatoms. The lowest BCUT2D eigenvalue weighted by Gasteiger charge is -2.19. The predicted octanol–water partition coefficient (Wildman–Crippen LogP) is -1.48. The molecule has 10 heavy (non-hydrogen) atoms. The second-order valence-electron chi connectivity index (χ2n) is 1.77. The molecule has 0 amide bonds. The Morgan fingerprint density at radius 1 is 1.30 bits per heavy atom. The molecule has 0 fully saturated rings. The van der Waals surface area contributed by atoms with Crippen molar-refractivity contribution in [3.63, 3.8) is 0 Å². The molecular weight excluding hydrogens is 152 g/mol. The van der Waals surface area contributed by atoms with Gasteiger partial charge in [-0.05, 0) is 12.2 Å². The minimum Gasteiger partial charge on any atom is -0.395 e. The average molecular weight is 164 g/mol. The topological polar surface area (TPSA) is 69.7 Å². The van der Waals surface area contributed by atoms with Crippen molar-refractivity contribution < 1.29 is 10.2 Å². The number of hydrogen-bond acceptors (Lipinski definition) is 3. The van der Waals surface area contributed by atoms with Gasteiger partial charge in [-0.1, -0.05) is 0 Å². The highest BCUT2D eigenvalue weighted by molar-refractivity contribution is 7.80. The number of rotatable bonds is 4. The van der Waals surface area contributed by atoms with E-state index in [9.17, 15) is 0 Å². The van der Waals surface area contributed by atoms with Crippen LogP contribution in [0.5, 0.6) is 0 Å². The number of nitrogens with two attached hydrogens (primary N) is 1. The number of aliphatic hydroxyl groups excluding tert-OH is 2. The third kappa shape index (κ3) is 3.60. The van der Waals surface area contributed by atoms with Crippen LogP contribution in [-0.2, 0) is 0 Å². The van der Waals surface area contributed by atoms with Crippen LogP contribution in [0.25, 0.3) is 0 Å². The van der Waals surface area contributed by atoms with Crippen LogP contribution < -0.4 is 5.73 Å². The van der Waals surface area contributed by atoms with Crippen molar-refractivity contribution in [2.75, 3.05) is 26.3 Å². The van der Waals surface area contributed by atoms with Gasteiger partial charge in [-0.25, -0.2) is 0 Å². The van der Waals surface area contributed by atoms with Crippen molar-refractivity contribution in [2.45, 2.75) is 0 Å². The van der Waals surface area contributed by atoms with Gasteiger partial charge in [-0.2, -0.15) is 0 Å². The normalized spacial score (nSPS) is 9.40. The summed E-state index contributed by atoms with van der Waals surface area (Å²) in [5.41, 5.74) is 5.24. The molecule has 0 spiro atoms. The van der Waals surface area contributed by atoms with E-state index in [0.717, 1.165) is 0 Å². The summed E-state index contributed by atoms with van der Waals surface area (Å²) in [7, 11) is 0. The maximum Gasteiger partial charge on any atom is 0.166 e. The van der Waals surface area contributed by atoms with Crippen LogP contribution >= 0.6 is 12.2 Å². The van der Waals surface area contributed by atoms with Gasteiger partial charge in [-0.15, -0.1) is 0 Å². The molecule has 4 N–H and O–H groups in total. The third-order valence-corrected chi connectivity index (χ3v) is 1.31. The van der Waals surface area contributed by atoms with Crippen molar-refractivity contribution in [1.29, 1.82) is 0 Å². The molecule has 0 aromatic rings. The number of hydrogen-bond donors (Lipinski definition) is 3. The summed E-state index contributed by atoms with van der Waals surface area (Å²) in [5, 5.41) is 17.2. The highest BCUT2D eigenvalue weighted by Crippen LogP contribution is 1.85. The van der Waals surface area contributed by atoms with Crippen LogP contribution in [0.15, 0.2) is 0 Å². The second-order valence-corrected chi connectivity index (χ2v) is 2.19. The summed E-state index contributed by atoms with van der Waals surface area (Å²) in [4.78, 5) is 1.54. The number of aliphatic hydroxyl groups is 2. The summed E-state index contributed by atoms with van der Waals surface area (Å²) in [6, 6.07) is 0. The largest absolute Gasteiger partial charge is 0.395 e. The fourth-order valence-corrected chi connectivity index (χ4v) is 0.756. The Kier molecular flexibility index (Phi) is 5.19. The van der Waals surface area contributed by atoms with Crippen LogP contribution in [0, 0.1) is 0 Å². The van der Waals surface area contributed by atoms with Crippen molar-refractivity contribution in [1.82, 2.24) is 4.90 Å². The third-order valence-electron chi connectivity index (χ3n) is 1.05. The maximum absolute atomic E-state index is 8.47. The molecule has 0 aliphatic heterocycles. The molecule has 0 rings (SSSR count). The Morgan fingerprint density at radius 2 is 1.70 bits per heavy atom. The summed E-state index contributed by atoms with van der Waals surface area (Å²) >= 11 is 4.63. The Bertz CT molecular complexity index is 104. The van der Waals surface area contributed by atoms with E-state index in [-0.39, 0.29) is 18.3 Å². The Balaban J connectivity index is 3.61. The van der Waals surface area contributed by atoms with E-state index in [2.05, 4.69) is 12.2 Å². The predicted molar refractivity (Wildman–Crippen MR) is 42.5 cm³/mol. The molecule has 0 heterocycles. The van der Waals surface area contributed by atoms with E-state index in [1.165, 1.54) is 4.90 Å². The zero-order chi connectivity index (χ0) is 7.98. The van der Waals surface area contributed by atoms with Crippen LogP contribution in [0.4, 0.5) is 0 Å². The molecule has 0 atom stereocenters. The highest BCUT2D eigenvalue weighted by atomic mass is 32.1. The van der Waals surface area contributed by atoms with Gasteiger partial charge in [-0.3, -0.25) is 0 Å². The summed E-state index contributed by atoms with van der Waals surface area (Å²) < 4.78 is 0. The lowest BCUT2D eigenvalue weighted by atomic mass is 10.5. The van der Waals surface area contributed by atoms with E-state index < -0.39 is 0 Å². The molecule has 0 aromatic heterocycles. The molecule has 0 aliphatic carbocycles. The van der Waals surface area contributed by atoms with Crippen LogP contribution in [-0.4, -0.2) is 46.5 Å². The Hall–Kier alpha value is -0.390. The zero-order valence-electron chi connectivity index (χ0n) is 5.66. The van der Waals surface area contributed by atoms with Crippen molar-refractivity contribution >= 4 is 17.3 Å². The van der Waals surface area contributed by atoms with Gasteiger partial charge in [0.15, 0.2) is 5.11 Å². The molecule has 0 bridgehead atoms. The summed E-state index contributed by atoms with van der Waals surface area (Å²) in [6.45, 7) is 0.764. The standard InChI is InChI=1S/C5H12N2O2S/c6-5(10)7(1-3-8)2-4-9/h8-9H,1-4H2,(H2,6,10). The minimum atomic E-state index is -0.00264. The molecule has 0 aliphatic rings. The molecule has 0 unspecified atom stereocenters. The van der Waals surface area contributed by atoms with E-state index >= 15 is 0 Å². The van der Waals surface area contributed by atoms with Gasteiger partial charge >= 0.3 is 0 Å².